The van der Waals surface area contributed by atoms with E-state index in [1.807, 2.05) is 55.2 Å². The van der Waals surface area contributed by atoms with Gasteiger partial charge in [-0.05, 0) is 37.5 Å². The summed E-state index contributed by atoms with van der Waals surface area (Å²) in [5.74, 6) is 0.988. The lowest BCUT2D eigenvalue weighted by Crippen LogP contribution is -2.29. The first-order valence-electron chi connectivity index (χ1n) is 8.41. The zero-order valence-electron chi connectivity index (χ0n) is 14.3. The fourth-order valence-corrected chi connectivity index (χ4v) is 3.33. The molecule has 2 heterocycles. The average molecular weight is 336 g/mol. The smallest absolute Gasteiger partial charge is 0.233 e. The summed E-state index contributed by atoms with van der Waals surface area (Å²) in [5.41, 5.74) is 3.26. The van der Waals surface area contributed by atoms with Gasteiger partial charge in [0, 0.05) is 25.1 Å². The average Bonchev–Trinajstić information content (AvgIpc) is 3.18. The van der Waals surface area contributed by atoms with E-state index < -0.39 is 0 Å². The third-order valence-electron chi connectivity index (χ3n) is 4.67. The molecular formula is C18H20N6O. The van der Waals surface area contributed by atoms with Gasteiger partial charge in [-0.25, -0.2) is 0 Å². The highest BCUT2D eigenvalue weighted by Crippen LogP contribution is 2.26. The number of hydrogen-bond acceptors (Lipinski definition) is 4. The summed E-state index contributed by atoms with van der Waals surface area (Å²) in [6.45, 7) is 1.82. The van der Waals surface area contributed by atoms with Crippen LogP contribution in [0, 0.1) is 12.8 Å². The number of fused-ring (bicyclic) bond motifs is 1. The fourth-order valence-electron chi connectivity index (χ4n) is 3.33. The second-order valence-electron chi connectivity index (χ2n) is 6.40. The second-order valence-corrected chi connectivity index (χ2v) is 6.40. The standard InChI is InChI=1S/C18H20N6O/c1-12-20-18(24(22-12)15-6-4-3-5-7-15)21-17(25)13-8-9-14-11-19-23(2)16(14)10-13/h3-7,11,13H,8-10H2,1-2H3,(H,20,21,22,25). The van der Waals surface area contributed by atoms with Crippen molar-refractivity contribution in [2.24, 2.45) is 13.0 Å². The molecule has 0 aliphatic heterocycles. The molecule has 3 aromatic rings. The number of para-hydroxylation sites is 1. The lowest BCUT2D eigenvalue weighted by Gasteiger charge is -2.21. The van der Waals surface area contributed by atoms with Crippen molar-refractivity contribution in [1.82, 2.24) is 24.5 Å². The topological polar surface area (TPSA) is 77.6 Å². The first-order valence-corrected chi connectivity index (χ1v) is 8.41. The van der Waals surface area contributed by atoms with E-state index in [0.717, 1.165) is 24.2 Å². The molecule has 1 aliphatic rings. The normalized spacial score (nSPS) is 16.5. The number of aryl methyl sites for hydroxylation is 3. The van der Waals surface area contributed by atoms with E-state index in [9.17, 15) is 4.79 Å². The molecule has 0 spiro atoms. The van der Waals surface area contributed by atoms with E-state index in [1.165, 1.54) is 5.56 Å². The van der Waals surface area contributed by atoms with Crippen LogP contribution in [0.5, 0.6) is 0 Å². The predicted octanol–water partition coefficient (Wildman–Crippen LogP) is 2.05. The Morgan fingerprint density at radius 2 is 2.08 bits per heavy atom. The van der Waals surface area contributed by atoms with Crippen LogP contribution in [0.2, 0.25) is 0 Å². The summed E-state index contributed by atoms with van der Waals surface area (Å²) in [7, 11) is 1.93. The number of hydrogen-bond donors (Lipinski definition) is 1. The minimum atomic E-state index is -0.0795. The SMILES string of the molecule is Cc1nc(NC(=O)C2CCc3cnn(C)c3C2)n(-c2ccccc2)n1. The van der Waals surface area contributed by atoms with Gasteiger partial charge < -0.3 is 0 Å². The Hall–Kier alpha value is -2.96. The summed E-state index contributed by atoms with van der Waals surface area (Å²) in [6.07, 6.45) is 4.31. The van der Waals surface area contributed by atoms with Crippen LogP contribution in [0.4, 0.5) is 5.95 Å². The molecule has 0 radical (unpaired) electrons. The van der Waals surface area contributed by atoms with Gasteiger partial charge in [-0.1, -0.05) is 18.2 Å². The molecule has 1 N–H and O–H groups in total. The molecule has 0 saturated heterocycles. The number of benzene rings is 1. The van der Waals surface area contributed by atoms with Crippen molar-refractivity contribution < 1.29 is 4.79 Å². The van der Waals surface area contributed by atoms with Crippen LogP contribution in [-0.2, 0) is 24.7 Å². The van der Waals surface area contributed by atoms with Crippen LogP contribution < -0.4 is 5.32 Å². The molecule has 7 heteroatoms. The summed E-state index contributed by atoms with van der Waals surface area (Å²) < 4.78 is 3.54. The minimum Gasteiger partial charge on any atom is -0.294 e. The molecule has 1 amide bonds. The van der Waals surface area contributed by atoms with E-state index in [0.29, 0.717) is 18.2 Å². The third kappa shape index (κ3) is 2.93. The van der Waals surface area contributed by atoms with Gasteiger partial charge in [-0.2, -0.15) is 14.8 Å². The monoisotopic (exact) mass is 336 g/mol. The number of carbonyl (C=O) groups is 1. The fraction of sp³-hybridized carbons (Fsp3) is 0.333. The Morgan fingerprint density at radius 3 is 2.88 bits per heavy atom. The lowest BCUT2D eigenvalue weighted by molar-refractivity contribution is -0.120. The molecule has 1 aliphatic carbocycles. The first-order chi connectivity index (χ1) is 12.1. The number of nitrogens with zero attached hydrogens (tertiary/aromatic N) is 5. The number of aromatic nitrogens is 5. The van der Waals surface area contributed by atoms with Crippen molar-refractivity contribution in [3.63, 3.8) is 0 Å². The summed E-state index contributed by atoms with van der Waals surface area (Å²) in [5, 5.41) is 11.7. The van der Waals surface area contributed by atoms with Gasteiger partial charge in [0.2, 0.25) is 11.9 Å². The molecular weight excluding hydrogens is 316 g/mol. The van der Waals surface area contributed by atoms with Crippen molar-refractivity contribution in [3.8, 4) is 5.69 Å². The lowest BCUT2D eigenvalue weighted by atomic mass is 9.87. The predicted molar refractivity (Wildman–Crippen MR) is 93.4 cm³/mol. The molecule has 1 atom stereocenters. The third-order valence-corrected chi connectivity index (χ3v) is 4.67. The molecule has 0 fully saturated rings. The van der Waals surface area contributed by atoms with Crippen molar-refractivity contribution in [1.29, 1.82) is 0 Å². The van der Waals surface area contributed by atoms with Crippen LogP contribution in [0.3, 0.4) is 0 Å². The Morgan fingerprint density at radius 1 is 1.28 bits per heavy atom. The molecule has 1 aromatic carbocycles. The van der Waals surface area contributed by atoms with Crippen molar-refractivity contribution >= 4 is 11.9 Å². The van der Waals surface area contributed by atoms with Crippen molar-refractivity contribution in [2.75, 3.05) is 5.32 Å². The Labute approximate surface area is 145 Å². The second kappa shape index (κ2) is 6.16. The van der Waals surface area contributed by atoms with E-state index in [-0.39, 0.29) is 11.8 Å². The zero-order valence-corrected chi connectivity index (χ0v) is 14.3. The van der Waals surface area contributed by atoms with E-state index in [2.05, 4.69) is 20.5 Å². The molecule has 128 valence electrons. The van der Waals surface area contributed by atoms with Crippen LogP contribution in [0.15, 0.2) is 36.5 Å². The van der Waals surface area contributed by atoms with Gasteiger partial charge in [0.25, 0.3) is 0 Å². The Balaban J connectivity index is 1.55. The number of anilines is 1. The van der Waals surface area contributed by atoms with Gasteiger partial charge in [-0.3, -0.25) is 14.8 Å². The largest absolute Gasteiger partial charge is 0.294 e. The van der Waals surface area contributed by atoms with Crippen LogP contribution in [-0.4, -0.2) is 30.5 Å². The summed E-state index contributed by atoms with van der Waals surface area (Å²) in [4.78, 5) is 17.2. The number of carbonyl (C=O) groups excluding carboxylic acids is 1. The maximum Gasteiger partial charge on any atom is 0.233 e. The first kappa shape index (κ1) is 15.6. The van der Waals surface area contributed by atoms with Crippen molar-refractivity contribution in [3.05, 3.63) is 53.6 Å². The molecule has 0 saturated carbocycles. The molecule has 4 rings (SSSR count). The highest BCUT2D eigenvalue weighted by atomic mass is 16.2. The zero-order chi connectivity index (χ0) is 17.4. The van der Waals surface area contributed by atoms with Gasteiger partial charge in [0.15, 0.2) is 0 Å². The van der Waals surface area contributed by atoms with E-state index in [4.69, 9.17) is 0 Å². The molecule has 1 unspecified atom stereocenters. The Bertz CT molecular complexity index is 911. The van der Waals surface area contributed by atoms with E-state index >= 15 is 0 Å². The maximum absolute atomic E-state index is 12.8. The van der Waals surface area contributed by atoms with Gasteiger partial charge in [0.1, 0.15) is 5.82 Å². The van der Waals surface area contributed by atoms with Crippen LogP contribution in [0.25, 0.3) is 5.69 Å². The molecule has 0 bridgehead atoms. The minimum absolute atomic E-state index is 0.0172. The number of amides is 1. The number of nitrogens with one attached hydrogen (secondary N) is 1. The van der Waals surface area contributed by atoms with E-state index in [1.54, 1.807) is 4.68 Å². The quantitative estimate of drug-likeness (QED) is 0.794. The highest BCUT2D eigenvalue weighted by molar-refractivity contribution is 5.91. The number of rotatable bonds is 3. The van der Waals surface area contributed by atoms with Gasteiger partial charge >= 0.3 is 0 Å². The van der Waals surface area contributed by atoms with Crippen LogP contribution in [0.1, 0.15) is 23.5 Å². The molecule has 2 aromatic heterocycles. The van der Waals surface area contributed by atoms with Gasteiger partial charge in [0.05, 0.1) is 11.9 Å². The molecule has 25 heavy (non-hydrogen) atoms. The Kier molecular flexibility index (Phi) is 3.83. The van der Waals surface area contributed by atoms with Gasteiger partial charge in [-0.15, -0.1) is 5.10 Å². The molecule has 7 nitrogen and oxygen atoms in total. The summed E-state index contributed by atoms with van der Waals surface area (Å²) in [6, 6.07) is 9.68. The maximum atomic E-state index is 12.8. The van der Waals surface area contributed by atoms with Crippen LogP contribution >= 0.6 is 0 Å². The van der Waals surface area contributed by atoms with Crippen molar-refractivity contribution in [2.45, 2.75) is 26.2 Å². The highest BCUT2D eigenvalue weighted by Gasteiger charge is 2.28. The summed E-state index contributed by atoms with van der Waals surface area (Å²) >= 11 is 0.